The molecule has 2 atom stereocenters. The van der Waals surface area contributed by atoms with Gasteiger partial charge in [0.05, 0.1) is 0 Å². The quantitative estimate of drug-likeness (QED) is 0.891. The highest BCUT2D eigenvalue weighted by Gasteiger charge is 2.24. The summed E-state index contributed by atoms with van der Waals surface area (Å²) in [4.78, 5) is 11.9. The Morgan fingerprint density at radius 2 is 2.15 bits per heavy atom. The van der Waals surface area contributed by atoms with Crippen molar-refractivity contribution in [1.29, 1.82) is 0 Å². The maximum Gasteiger partial charge on any atom is 0.315 e. The van der Waals surface area contributed by atoms with Gasteiger partial charge in [-0.15, -0.1) is 0 Å². The smallest absolute Gasteiger partial charge is 0.315 e. The number of amides is 2. The van der Waals surface area contributed by atoms with Crippen LogP contribution in [0.1, 0.15) is 31.7 Å². The summed E-state index contributed by atoms with van der Waals surface area (Å²) in [5, 5.41) is 5.94. The van der Waals surface area contributed by atoms with E-state index in [1.54, 1.807) is 0 Å². The second kappa shape index (κ2) is 5.61. The van der Waals surface area contributed by atoms with Gasteiger partial charge in [0.15, 0.2) is 11.5 Å². The van der Waals surface area contributed by atoms with E-state index >= 15 is 0 Å². The molecule has 2 aliphatic rings. The number of hydrogen-bond acceptors (Lipinski definition) is 3. The number of ether oxygens (including phenoxy) is 2. The van der Waals surface area contributed by atoms with Crippen LogP contribution >= 0.6 is 0 Å². The van der Waals surface area contributed by atoms with Crippen molar-refractivity contribution in [3.05, 3.63) is 23.8 Å². The summed E-state index contributed by atoms with van der Waals surface area (Å²) in [5.41, 5.74) is 1.00. The predicted molar refractivity (Wildman–Crippen MR) is 74.7 cm³/mol. The van der Waals surface area contributed by atoms with Crippen molar-refractivity contribution in [2.24, 2.45) is 5.92 Å². The summed E-state index contributed by atoms with van der Waals surface area (Å²) in [6, 6.07) is 5.93. The summed E-state index contributed by atoms with van der Waals surface area (Å²) in [6.45, 7) is 2.95. The van der Waals surface area contributed by atoms with Crippen LogP contribution in [0.4, 0.5) is 4.79 Å². The first-order valence-corrected chi connectivity index (χ1v) is 7.15. The Balaban J connectivity index is 1.50. The molecule has 1 aromatic carbocycles. The highest BCUT2D eigenvalue weighted by molar-refractivity contribution is 5.74. The number of fused-ring (bicyclic) bond motifs is 1. The van der Waals surface area contributed by atoms with Gasteiger partial charge in [-0.25, -0.2) is 4.79 Å². The van der Waals surface area contributed by atoms with Crippen LogP contribution in [0.15, 0.2) is 18.2 Å². The van der Waals surface area contributed by atoms with Crippen molar-refractivity contribution < 1.29 is 14.3 Å². The molecule has 0 bridgehead atoms. The van der Waals surface area contributed by atoms with Gasteiger partial charge in [0.2, 0.25) is 6.79 Å². The second-order valence-corrected chi connectivity index (χ2v) is 5.53. The number of hydrogen-bond donors (Lipinski definition) is 2. The molecule has 0 radical (unpaired) electrons. The summed E-state index contributed by atoms with van der Waals surface area (Å²) >= 11 is 0. The van der Waals surface area contributed by atoms with Gasteiger partial charge < -0.3 is 20.1 Å². The molecule has 108 valence electrons. The number of rotatable bonds is 3. The Labute approximate surface area is 118 Å². The van der Waals surface area contributed by atoms with Crippen molar-refractivity contribution in [2.75, 3.05) is 6.79 Å². The van der Waals surface area contributed by atoms with Gasteiger partial charge in [-0.3, -0.25) is 0 Å². The second-order valence-electron chi connectivity index (χ2n) is 5.53. The molecule has 3 rings (SSSR count). The van der Waals surface area contributed by atoms with Crippen LogP contribution in [0.2, 0.25) is 0 Å². The first-order chi connectivity index (χ1) is 9.72. The van der Waals surface area contributed by atoms with Crippen LogP contribution in [-0.2, 0) is 6.54 Å². The molecule has 0 unspecified atom stereocenters. The van der Waals surface area contributed by atoms with Crippen LogP contribution in [0, 0.1) is 5.92 Å². The minimum Gasteiger partial charge on any atom is -0.454 e. The van der Waals surface area contributed by atoms with Gasteiger partial charge in [0, 0.05) is 12.6 Å². The Hall–Kier alpha value is -1.91. The molecular weight excluding hydrogens is 256 g/mol. The van der Waals surface area contributed by atoms with Crippen molar-refractivity contribution in [1.82, 2.24) is 10.6 Å². The van der Waals surface area contributed by atoms with Crippen molar-refractivity contribution in [3.8, 4) is 11.5 Å². The number of urea groups is 1. The molecule has 5 heteroatoms. The SMILES string of the molecule is C[C@@H]1CCC[C@@H]1NC(=O)NCc1ccc2c(c1)OCO2. The minimum atomic E-state index is -0.0959. The molecular formula is C15H20N2O3. The Kier molecular flexibility index (Phi) is 3.67. The van der Waals surface area contributed by atoms with Gasteiger partial charge >= 0.3 is 6.03 Å². The van der Waals surface area contributed by atoms with Gasteiger partial charge in [-0.2, -0.15) is 0 Å². The van der Waals surface area contributed by atoms with Crippen LogP contribution in [0.25, 0.3) is 0 Å². The topological polar surface area (TPSA) is 59.6 Å². The fourth-order valence-corrected chi connectivity index (χ4v) is 2.81. The molecule has 1 aliphatic carbocycles. The lowest BCUT2D eigenvalue weighted by Crippen LogP contribution is -2.42. The van der Waals surface area contributed by atoms with Crippen LogP contribution in [-0.4, -0.2) is 18.9 Å². The Bertz CT molecular complexity index is 504. The summed E-state index contributed by atoms with van der Waals surface area (Å²) in [6.07, 6.45) is 3.49. The van der Waals surface area contributed by atoms with E-state index in [-0.39, 0.29) is 12.8 Å². The lowest BCUT2D eigenvalue weighted by atomic mass is 10.1. The highest BCUT2D eigenvalue weighted by atomic mass is 16.7. The molecule has 0 aromatic heterocycles. The third-order valence-electron chi connectivity index (χ3n) is 4.07. The third kappa shape index (κ3) is 2.81. The van der Waals surface area contributed by atoms with Crippen molar-refractivity contribution in [2.45, 2.75) is 38.8 Å². The lowest BCUT2D eigenvalue weighted by Gasteiger charge is -2.17. The molecule has 1 aliphatic heterocycles. The zero-order chi connectivity index (χ0) is 13.9. The number of benzene rings is 1. The van der Waals surface area contributed by atoms with Crippen LogP contribution < -0.4 is 20.1 Å². The first kappa shape index (κ1) is 13.1. The van der Waals surface area contributed by atoms with E-state index in [0.29, 0.717) is 18.5 Å². The number of carbonyl (C=O) groups excluding carboxylic acids is 1. The van der Waals surface area contributed by atoms with Crippen molar-refractivity contribution in [3.63, 3.8) is 0 Å². The fourth-order valence-electron chi connectivity index (χ4n) is 2.81. The molecule has 0 saturated heterocycles. The standard InChI is InChI=1S/C15H20N2O3/c1-10-3-2-4-12(10)17-15(18)16-8-11-5-6-13-14(7-11)20-9-19-13/h5-7,10,12H,2-4,8-9H2,1H3,(H2,16,17,18)/t10-,12+/m1/s1. The zero-order valence-electron chi connectivity index (χ0n) is 11.6. The zero-order valence-corrected chi connectivity index (χ0v) is 11.6. The summed E-state index contributed by atoms with van der Waals surface area (Å²) in [5.74, 6) is 2.08. The maximum absolute atomic E-state index is 11.9. The van der Waals surface area contributed by atoms with E-state index in [1.165, 1.54) is 12.8 Å². The molecule has 2 N–H and O–H groups in total. The monoisotopic (exact) mass is 276 g/mol. The molecule has 1 fully saturated rings. The average molecular weight is 276 g/mol. The normalized spacial score (nSPS) is 23.6. The van der Waals surface area contributed by atoms with Crippen LogP contribution in [0.5, 0.6) is 11.5 Å². The average Bonchev–Trinajstić information content (AvgIpc) is 3.05. The number of nitrogens with one attached hydrogen (secondary N) is 2. The summed E-state index contributed by atoms with van der Waals surface area (Å²) in [7, 11) is 0. The van der Waals surface area contributed by atoms with Gasteiger partial charge in [-0.1, -0.05) is 19.4 Å². The molecule has 20 heavy (non-hydrogen) atoms. The third-order valence-corrected chi connectivity index (χ3v) is 4.07. The van der Waals surface area contributed by atoms with Gasteiger partial charge in [-0.05, 0) is 36.5 Å². The molecule has 1 aromatic rings. The molecule has 5 nitrogen and oxygen atoms in total. The van der Waals surface area contributed by atoms with E-state index in [0.717, 1.165) is 23.5 Å². The maximum atomic E-state index is 11.9. The van der Waals surface area contributed by atoms with E-state index in [9.17, 15) is 4.79 Å². The Morgan fingerprint density at radius 1 is 1.30 bits per heavy atom. The number of carbonyl (C=O) groups is 1. The van der Waals surface area contributed by atoms with E-state index in [1.807, 2.05) is 18.2 Å². The van der Waals surface area contributed by atoms with Crippen LogP contribution in [0.3, 0.4) is 0 Å². The van der Waals surface area contributed by atoms with Gasteiger partial charge in [0.1, 0.15) is 0 Å². The molecule has 1 saturated carbocycles. The summed E-state index contributed by atoms with van der Waals surface area (Å²) < 4.78 is 10.6. The van der Waals surface area contributed by atoms with Crippen molar-refractivity contribution >= 4 is 6.03 Å². The molecule has 1 heterocycles. The largest absolute Gasteiger partial charge is 0.454 e. The first-order valence-electron chi connectivity index (χ1n) is 7.15. The highest BCUT2D eigenvalue weighted by Crippen LogP contribution is 2.32. The Morgan fingerprint density at radius 3 is 2.95 bits per heavy atom. The molecule has 0 spiro atoms. The van der Waals surface area contributed by atoms with E-state index < -0.39 is 0 Å². The minimum absolute atomic E-state index is 0.0959. The molecule has 2 amide bonds. The van der Waals surface area contributed by atoms with E-state index in [4.69, 9.17) is 9.47 Å². The fraction of sp³-hybridized carbons (Fsp3) is 0.533. The predicted octanol–water partition coefficient (Wildman–Crippen LogP) is 2.40. The van der Waals surface area contributed by atoms with Gasteiger partial charge in [0.25, 0.3) is 0 Å². The lowest BCUT2D eigenvalue weighted by molar-refractivity contribution is 0.174. The van der Waals surface area contributed by atoms with E-state index in [2.05, 4.69) is 17.6 Å².